The monoisotopic (exact) mass is 824 g/mol. The Labute approximate surface area is 373 Å². The zero-order valence-corrected chi connectivity index (χ0v) is 35.1. The number of fused-ring (bicyclic) bond motifs is 5. The molecular weight excluding hydrogens is 789 g/mol. The van der Waals surface area contributed by atoms with Gasteiger partial charge in [-0.15, -0.1) is 0 Å². The lowest BCUT2D eigenvalue weighted by Gasteiger charge is -2.18. The van der Waals surface area contributed by atoms with E-state index in [0.29, 0.717) is 17.6 Å². The molecule has 0 N–H and O–H groups in total. The van der Waals surface area contributed by atoms with Crippen LogP contribution in [0.4, 0.5) is 0 Å². The van der Waals surface area contributed by atoms with Crippen LogP contribution in [-0.4, -0.2) is 19.5 Å². The van der Waals surface area contributed by atoms with E-state index in [9.17, 15) is 0 Å². The third-order valence-corrected chi connectivity index (χ3v) is 13.5. The number of aromatic nitrogens is 4. The molecule has 0 spiro atoms. The molecule has 0 saturated carbocycles. The van der Waals surface area contributed by atoms with Crippen molar-refractivity contribution in [3.63, 3.8) is 0 Å². The summed E-state index contributed by atoms with van der Waals surface area (Å²) in [4.78, 5) is 15.6. The highest BCUT2D eigenvalue weighted by Gasteiger charge is 2.20. The second-order valence-electron chi connectivity index (χ2n) is 17.1. The van der Waals surface area contributed by atoms with Gasteiger partial charge in [0.2, 0.25) is 5.95 Å². The lowest BCUT2D eigenvalue weighted by molar-refractivity contribution is 0.953. The van der Waals surface area contributed by atoms with Gasteiger partial charge in [-0.05, 0) is 117 Å². The highest BCUT2D eigenvalue weighted by molar-refractivity contribution is 6.37. The number of hydrogen-bond donors (Lipinski definition) is 0. The van der Waals surface area contributed by atoms with Crippen molar-refractivity contribution < 1.29 is 0 Å². The average molecular weight is 825 g/mol. The summed E-state index contributed by atoms with van der Waals surface area (Å²) in [6.45, 7) is 0. The second-order valence-corrected chi connectivity index (χ2v) is 17.1. The molecule has 0 aliphatic carbocycles. The molecule has 0 fully saturated rings. The Morgan fingerprint density at radius 3 is 1.34 bits per heavy atom. The maximum atomic E-state index is 5.28. The summed E-state index contributed by atoms with van der Waals surface area (Å²) in [6, 6.07) is 79.0. The highest BCUT2D eigenvalue weighted by Crippen LogP contribution is 2.45. The van der Waals surface area contributed by atoms with Crippen molar-refractivity contribution in [3.8, 4) is 51.0 Å². The third-order valence-electron chi connectivity index (χ3n) is 13.5. The van der Waals surface area contributed by atoms with Crippen LogP contribution < -0.4 is 0 Å². The van der Waals surface area contributed by atoms with E-state index in [-0.39, 0.29) is 0 Å². The summed E-state index contributed by atoms with van der Waals surface area (Å²) in [6.07, 6.45) is 0. The number of hydrogen-bond acceptors (Lipinski definition) is 3. The van der Waals surface area contributed by atoms with Crippen molar-refractivity contribution in [2.75, 3.05) is 0 Å². The number of para-hydroxylation sites is 2. The van der Waals surface area contributed by atoms with Crippen molar-refractivity contribution in [1.82, 2.24) is 19.5 Å². The van der Waals surface area contributed by atoms with Gasteiger partial charge in [0.05, 0.1) is 11.0 Å². The number of nitrogens with zero attached hydrogens (tertiary/aromatic N) is 4. The van der Waals surface area contributed by atoms with E-state index in [1.54, 1.807) is 0 Å². The Bertz CT molecular complexity index is 4180. The first-order valence-electron chi connectivity index (χ1n) is 22.2. The molecule has 14 rings (SSSR count). The molecule has 12 aromatic carbocycles. The smallest absolute Gasteiger partial charge is 0.238 e. The summed E-state index contributed by atoms with van der Waals surface area (Å²) < 4.78 is 2.17. The highest BCUT2D eigenvalue weighted by atomic mass is 15.2. The largest absolute Gasteiger partial charge is 0.278 e. The predicted molar refractivity (Wildman–Crippen MR) is 272 cm³/mol. The minimum absolute atomic E-state index is 0.581. The first-order chi connectivity index (χ1) is 32.2. The molecule has 0 saturated heterocycles. The fourth-order valence-electron chi connectivity index (χ4n) is 10.7. The maximum absolute atomic E-state index is 5.28. The van der Waals surface area contributed by atoms with Crippen LogP contribution in [0, 0.1) is 0 Å². The maximum Gasteiger partial charge on any atom is 0.238 e. The molecule has 0 bridgehead atoms. The van der Waals surface area contributed by atoms with E-state index in [2.05, 4.69) is 205 Å². The van der Waals surface area contributed by atoms with E-state index in [1.807, 2.05) is 18.2 Å². The molecule has 0 aliphatic heterocycles. The van der Waals surface area contributed by atoms with Crippen molar-refractivity contribution >= 4 is 86.4 Å². The fraction of sp³-hybridized carbons (Fsp3) is 0. The summed E-state index contributed by atoms with van der Waals surface area (Å²) in [5.41, 5.74) is 8.50. The molecule has 2 heterocycles. The van der Waals surface area contributed by atoms with Gasteiger partial charge >= 0.3 is 0 Å². The van der Waals surface area contributed by atoms with Gasteiger partial charge in [0.15, 0.2) is 11.6 Å². The van der Waals surface area contributed by atoms with E-state index in [1.165, 1.54) is 70.2 Å². The van der Waals surface area contributed by atoms with Gasteiger partial charge in [-0.1, -0.05) is 188 Å². The normalized spacial score (nSPS) is 12.0. The van der Waals surface area contributed by atoms with Gasteiger partial charge in [-0.25, -0.2) is 4.98 Å². The Kier molecular flexibility index (Phi) is 7.65. The Balaban J connectivity index is 0.993. The quantitative estimate of drug-likeness (QED) is 0.162. The molecule has 14 aromatic rings. The number of rotatable bonds is 5. The second kappa shape index (κ2) is 13.9. The topological polar surface area (TPSA) is 43.6 Å². The van der Waals surface area contributed by atoms with Gasteiger partial charge in [0, 0.05) is 21.9 Å². The van der Waals surface area contributed by atoms with Crippen LogP contribution in [0.1, 0.15) is 0 Å². The SMILES string of the molecule is c1ccc(-c2nc(-c3cccc(-c4ccccc4-c4cc5ccc6cccc7c8cccc9ccc%10cccc(c(c4)c5c67)c%10c98)c3)nc(-n3c4ccccc4c4ccccc43)n2)cc1. The Morgan fingerprint density at radius 2 is 0.708 bits per heavy atom. The Hall–Kier alpha value is -8.73. The van der Waals surface area contributed by atoms with Crippen LogP contribution in [0.15, 0.2) is 218 Å². The van der Waals surface area contributed by atoms with E-state index in [0.717, 1.165) is 49.6 Å². The molecule has 0 radical (unpaired) electrons. The zero-order valence-electron chi connectivity index (χ0n) is 35.1. The first kappa shape index (κ1) is 35.8. The standard InChI is InChI=1S/C61H36N4/c1-2-14-40(15-3-1)59-62-60(64-61(63-59)65-53-28-8-6-23-47(53)48-24-7-9-29-54(48)65)43-20-10-19-41(34-43)45-21-4-5-22-46(45)44-35-42-33-32-39-17-12-26-50-49-25-11-16-37-30-31-38-18-13-27-51(57(38)55(37)49)52(36-44)58(42)56(39)50/h1-36H. The zero-order chi connectivity index (χ0) is 42.6. The van der Waals surface area contributed by atoms with Crippen LogP contribution in [0.5, 0.6) is 0 Å². The van der Waals surface area contributed by atoms with Crippen LogP contribution in [0.3, 0.4) is 0 Å². The average Bonchev–Trinajstić information content (AvgIpc) is 3.72. The van der Waals surface area contributed by atoms with Crippen molar-refractivity contribution in [2.45, 2.75) is 0 Å². The van der Waals surface area contributed by atoms with Crippen LogP contribution in [-0.2, 0) is 0 Å². The molecule has 300 valence electrons. The molecule has 0 unspecified atom stereocenters. The van der Waals surface area contributed by atoms with Gasteiger partial charge < -0.3 is 0 Å². The van der Waals surface area contributed by atoms with Gasteiger partial charge in [-0.2, -0.15) is 9.97 Å². The van der Waals surface area contributed by atoms with E-state index < -0.39 is 0 Å². The van der Waals surface area contributed by atoms with Gasteiger partial charge in [0.1, 0.15) is 0 Å². The first-order valence-corrected chi connectivity index (χ1v) is 22.2. The minimum atomic E-state index is 0.581. The predicted octanol–water partition coefficient (Wildman–Crippen LogP) is 16.0. The van der Waals surface area contributed by atoms with E-state index >= 15 is 0 Å². The van der Waals surface area contributed by atoms with Crippen LogP contribution in [0.2, 0.25) is 0 Å². The van der Waals surface area contributed by atoms with Crippen molar-refractivity contribution in [3.05, 3.63) is 218 Å². The summed E-state index contributed by atoms with van der Waals surface area (Å²) in [5, 5.41) is 17.6. The lowest BCUT2D eigenvalue weighted by atomic mass is 9.85. The van der Waals surface area contributed by atoms with Gasteiger partial charge in [0.25, 0.3) is 0 Å². The van der Waals surface area contributed by atoms with Crippen LogP contribution >= 0.6 is 0 Å². The molecule has 4 heteroatoms. The summed E-state index contributed by atoms with van der Waals surface area (Å²) in [7, 11) is 0. The van der Waals surface area contributed by atoms with Crippen molar-refractivity contribution in [2.24, 2.45) is 0 Å². The molecule has 0 atom stereocenters. The molecular formula is C61H36N4. The van der Waals surface area contributed by atoms with Crippen molar-refractivity contribution in [1.29, 1.82) is 0 Å². The third kappa shape index (κ3) is 5.41. The lowest BCUT2D eigenvalue weighted by Crippen LogP contribution is -2.06. The van der Waals surface area contributed by atoms with Crippen LogP contribution in [0.25, 0.3) is 137 Å². The van der Waals surface area contributed by atoms with Gasteiger partial charge in [-0.3, -0.25) is 4.57 Å². The summed E-state index contributed by atoms with van der Waals surface area (Å²) in [5.74, 6) is 1.82. The fourth-order valence-corrected chi connectivity index (χ4v) is 10.7. The van der Waals surface area contributed by atoms with E-state index in [4.69, 9.17) is 15.0 Å². The summed E-state index contributed by atoms with van der Waals surface area (Å²) >= 11 is 0. The molecule has 65 heavy (non-hydrogen) atoms. The molecule has 0 amide bonds. The Morgan fingerprint density at radius 1 is 0.262 bits per heavy atom. The molecule has 0 aliphatic rings. The molecule has 4 nitrogen and oxygen atoms in total. The molecule has 2 aromatic heterocycles. The number of benzene rings is 11. The minimum Gasteiger partial charge on any atom is -0.278 e.